The summed E-state index contributed by atoms with van der Waals surface area (Å²) >= 11 is 0. The first-order valence-corrected chi connectivity index (χ1v) is 9.13. The number of fused-ring (bicyclic) bond motifs is 1. The summed E-state index contributed by atoms with van der Waals surface area (Å²) in [7, 11) is 0. The average molecular weight is 346 g/mol. The van der Waals surface area contributed by atoms with Gasteiger partial charge in [-0.15, -0.1) is 0 Å². The smallest absolute Gasteiger partial charge is 0.306 e. The van der Waals surface area contributed by atoms with Gasteiger partial charge in [0.05, 0.1) is 5.92 Å². The number of carboxylic acid groups (broad SMARTS) is 1. The van der Waals surface area contributed by atoms with E-state index in [-0.39, 0.29) is 5.92 Å². The Balaban J connectivity index is 1.45. The molecule has 1 saturated carbocycles. The Morgan fingerprint density at radius 3 is 2.77 bits per heavy atom. The molecule has 4 nitrogen and oxygen atoms in total. The highest BCUT2D eigenvalue weighted by molar-refractivity contribution is 5.71. The van der Waals surface area contributed by atoms with E-state index in [1.54, 1.807) is 0 Å². The molecule has 0 bridgehead atoms. The molecule has 0 saturated heterocycles. The molecule has 0 radical (unpaired) electrons. The fraction of sp³-hybridized carbons (Fsp3) is 0.364. The number of hydrogen-bond acceptors (Lipinski definition) is 3. The van der Waals surface area contributed by atoms with Crippen LogP contribution in [0.5, 0.6) is 0 Å². The molecule has 4 rings (SSSR count). The van der Waals surface area contributed by atoms with E-state index < -0.39 is 5.97 Å². The fourth-order valence-electron chi connectivity index (χ4n) is 3.75. The van der Waals surface area contributed by atoms with Crippen molar-refractivity contribution in [1.29, 1.82) is 0 Å². The molecular formula is C22H22N2O2. The molecule has 132 valence electrons. The van der Waals surface area contributed by atoms with Crippen molar-refractivity contribution in [3.8, 4) is 11.8 Å². The van der Waals surface area contributed by atoms with E-state index in [0.29, 0.717) is 6.04 Å². The Hall–Kier alpha value is -2.64. The highest BCUT2D eigenvalue weighted by Gasteiger charge is 2.38. The molecule has 0 spiro atoms. The topological polar surface area (TPSA) is 53.4 Å². The van der Waals surface area contributed by atoms with Crippen molar-refractivity contribution in [2.75, 3.05) is 6.54 Å². The van der Waals surface area contributed by atoms with Gasteiger partial charge in [-0.1, -0.05) is 30.2 Å². The largest absolute Gasteiger partial charge is 0.481 e. The summed E-state index contributed by atoms with van der Waals surface area (Å²) in [6.07, 6.45) is 2.46. The Bertz CT molecular complexity index is 904. The second kappa shape index (κ2) is 6.93. The van der Waals surface area contributed by atoms with E-state index in [1.807, 2.05) is 24.3 Å². The summed E-state index contributed by atoms with van der Waals surface area (Å²) in [5, 5.41) is 9.05. The van der Waals surface area contributed by atoms with Crippen LogP contribution < -0.4 is 0 Å². The van der Waals surface area contributed by atoms with Crippen molar-refractivity contribution in [3.63, 3.8) is 0 Å². The van der Waals surface area contributed by atoms with Crippen LogP contribution in [0.2, 0.25) is 0 Å². The molecule has 1 fully saturated rings. The van der Waals surface area contributed by atoms with Crippen LogP contribution in [-0.4, -0.2) is 33.5 Å². The zero-order chi connectivity index (χ0) is 18.1. The summed E-state index contributed by atoms with van der Waals surface area (Å²) < 4.78 is 0. The van der Waals surface area contributed by atoms with Gasteiger partial charge in [-0.25, -0.2) is 4.98 Å². The number of aryl methyl sites for hydroxylation is 1. The Kier molecular flexibility index (Phi) is 4.48. The third kappa shape index (κ3) is 3.36. The van der Waals surface area contributed by atoms with Gasteiger partial charge in [-0.05, 0) is 48.9 Å². The number of carbonyl (C=O) groups is 1. The lowest BCUT2D eigenvalue weighted by Gasteiger charge is -2.43. The maximum Gasteiger partial charge on any atom is 0.306 e. The molecule has 0 unspecified atom stereocenters. The van der Waals surface area contributed by atoms with Crippen LogP contribution in [0.4, 0.5) is 0 Å². The van der Waals surface area contributed by atoms with Gasteiger partial charge >= 0.3 is 5.97 Å². The lowest BCUT2D eigenvalue weighted by Crippen LogP contribution is -2.48. The summed E-state index contributed by atoms with van der Waals surface area (Å²) in [6, 6.07) is 12.6. The predicted octanol–water partition coefficient (Wildman–Crippen LogP) is 3.01. The Labute approximate surface area is 153 Å². The predicted molar refractivity (Wildman–Crippen MR) is 99.7 cm³/mol. The number of aliphatic carboxylic acids is 1. The zero-order valence-electron chi connectivity index (χ0n) is 14.9. The van der Waals surface area contributed by atoms with Crippen LogP contribution in [0.15, 0.2) is 36.4 Å². The molecule has 1 aliphatic heterocycles. The number of nitrogens with zero attached hydrogens (tertiary/aromatic N) is 2. The third-order valence-corrected chi connectivity index (χ3v) is 5.53. The monoisotopic (exact) mass is 346 g/mol. The van der Waals surface area contributed by atoms with E-state index >= 15 is 0 Å². The lowest BCUT2D eigenvalue weighted by atomic mass is 9.78. The minimum atomic E-state index is -0.655. The molecule has 1 aliphatic carbocycles. The van der Waals surface area contributed by atoms with Gasteiger partial charge < -0.3 is 5.11 Å². The van der Waals surface area contributed by atoms with E-state index in [2.05, 4.69) is 35.8 Å². The van der Waals surface area contributed by atoms with Gasteiger partial charge in [-0.3, -0.25) is 9.69 Å². The quantitative estimate of drug-likeness (QED) is 0.850. The number of hydrogen-bond donors (Lipinski definition) is 1. The highest BCUT2D eigenvalue weighted by atomic mass is 16.4. The normalized spacial score (nSPS) is 21.9. The molecule has 1 aromatic heterocycles. The molecule has 0 amide bonds. The molecule has 0 atom stereocenters. The molecule has 2 heterocycles. The van der Waals surface area contributed by atoms with Crippen LogP contribution in [-0.2, 0) is 17.8 Å². The molecule has 1 N–H and O–H groups in total. The molecule has 2 aromatic rings. The number of rotatable bonds is 2. The van der Waals surface area contributed by atoms with Gasteiger partial charge in [0.15, 0.2) is 0 Å². The van der Waals surface area contributed by atoms with Crippen LogP contribution in [0.1, 0.15) is 40.9 Å². The van der Waals surface area contributed by atoms with Crippen LogP contribution in [0.25, 0.3) is 0 Å². The van der Waals surface area contributed by atoms with Gasteiger partial charge in [0.2, 0.25) is 0 Å². The van der Waals surface area contributed by atoms with Crippen molar-refractivity contribution >= 4 is 5.97 Å². The van der Waals surface area contributed by atoms with Gasteiger partial charge in [0.1, 0.15) is 5.69 Å². The van der Waals surface area contributed by atoms with Crippen LogP contribution in [0, 0.1) is 24.7 Å². The molecular weight excluding hydrogens is 324 g/mol. The first kappa shape index (κ1) is 16.8. The second-order valence-corrected chi connectivity index (χ2v) is 7.25. The SMILES string of the molecule is Cc1ccccc1C#Cc1ccc2c(n1)CCN(C1CC(C(=O)O)C1)C2. The molecule has 26 heavy (non-hydrogen) atoms. The standard InChI is InChI=1S/C22H22N2O2/c1-15-4-2-3-5-16(15)6-8-19-9-7-17-14-24(11-10-21(17)23-19)20-12-18(13-20)22(25)26/h2-5,7,9,18,20H,10-14H2,1H3,(H,25,26). The van der Waals surface area contributed by atoms with Gasteiger partial charge in [0, 0.05) is 36.8 Å². The summed E-state index contributed by atoms with van der Waals surface area (Å²) in [4.78, 5) is 18.1. The number of benzene rings is 1. The third-order valence-electron chi connectivity index (χ3n) is 5.53. The first-order valence-electron chi connectivity index (χ1n) is 9.13. The van der Waals surface area contributed by atoms with Gasteiger partial charge in [0.25, 0.3) is 0 Å². The minimum absolute atomic E-state index is 0.154. The summed E-state index contributed by atoms with van der Waals surface area (Å²) in [6.45, 7) is 3.88. The first-order chi connectivity index (χ1) is 12.6. The van der Waals surface area contributed by atoms with Crippen molar-refractivity contribution in [2.24, 2.45) is 5.92 Å². The zero-order valence-corrected chi connectivity index (χ0v) is 14.9. The molecule has 1 aromatic carbocycles. The second-order valence-electron chi connectivity index (χ2n) is 7.25. The van der Waals surface area contributed by atoms with E-state index in [4.69, 9.17) is 10.1 Å². The highest BCUT2D eigenvalue weighted by Crippen LogP contribution is 2.34. The lowest BCUT2D eigenvalue weighted by molar-refractivity contribution is -0.147. The summed E-state index contributed by atoms with van der Waals surface area (Å²) in [5.41, 5.74) is 5.41. The number of aromatic nitrogens is 1. The van der Waals surface area contributed by atoms with Crippen molar-refractivity contribution in [1.82, 2.24) is 9.88 Å². The van der Waals surface area contributed by atoms with Crippen molar-refractivity contribution < 1.29 is 9.90 Å². The average Bonchev–Trinajstić information content (AvgIpc) is 2.59. The Morgan fingerprint density at radius 2 is 2.00 bits per heavy atom. The fourth-order valence-corrected chi connectivity index (χ4v) is 3.75. The van der Waals surface area contributed by atoms with E-state index in [0.717, 1.165) is 49.3 Å². The van der Waals surface area contributed by atoms with E-state index in [9.17, 15) is 4.79 Å². The number of pyridine rings is 1. The minimum Gasteiger partial charge on any atom is -0.481 e. The maximum atomic E-state index is 11.0. The van der Waals surface area contributed by atoms with Crippen LogP contribution >= 0.6 is 0 Å². The number of carboxylic acids is 1. The van der Waals surface area contributed by atoms with Crippen molar-refractivity contribution in [3.05, 3.63) is 64.5 Å². The van der Waals surface area contributed by atoms with Crippen LogP contribution in [0.3, 0.4) is 0 Å². The van der Waals surface area contributed by atoms with Crippen molar-refractivity contribution in [2.45, 2.75) is 38.8 Å². The summed E-state index contributed by atoms with van der Waals surface area (Å²) in [5.74, 6) is 5.60. The molecule has 2 aliphatic rings. The van der Waals surface area contributed by atoms with Gasteiger partial charge in [-0.2, -0.15) is 0 Å². The van der Waals surface area contributed by atoms with E-state index in [1.165, 1.54) is 11.1 Å². The molecule has 4 heteroatoms. The Morgan fingerprint density at radius 1 is 1.19 bits per heavy atom. The maximum absolute atomic E-state index is 11.0.